The molecule has 7 heteroatoms. The molecule has 1 aliphatic heterocycles. The van der Waals surface area contributed by atoms with Gasteiger partial charge in [0.2, 0.25) is 0 Å². The molecule has 4 heterocycles. The lowest BCUT2D eigenvalue weighted by atomic mass is 10.1. The summed E-state index contributed by atoms with van der Waals surface area (Å²) in [5, 5.41) is 2.00. The lowest BCUT2D eigenvalue weighted by Crippen LogP contribution is -2.35. The van der Waals surface area contributed by atoms with Crippen LogP contribution in [0.15, 0.2) is 38.2 Å². The summed E-state index contributed by atoms with van der Waals surface area (Å²) in [5.41, 5.74) is 1.75. The van der Waals surface area contributed by atoms with Crippen molar-refractivity contribution in [3.05, 3.63) is 59.9 Å². The van der Waals surface area contributed by atoms with E-state index in [0.29, 0.717) is 12.4 Å². The molecule has 0 amide bonds. The lowest BCUT2D eigenvalue weighted by molar-refractivity contribution is 0.244. The molecule has 3 aromatic rings. The molecule has 0 atom stereocenters. The Hall–Kier alpha value is -1.28. The molecule has 4 rings (SSSR count). The van der Waals surface area contributed by atoms with E-state index in [1.807, 2.05) is 17.5 Å². The Kier molecular flexibility index (Phi) is 4.19. The van der Waals surface area contributed by atoms with Crippen molar-refractivity contribution in [2.24, 2.45) is 0 Å². The van der Waals surface area contributed by atoms with E-state index in [2.05, 4.69) is 42.9 Å². The number of hydrogen-bond acceptors (Lipinski definition) is 5. The summed E-state index contributed by atoms with van der Waals surface area (Å²) in [6, 6.07) is 8.16. The van der Waals surface area contributed by atoms with Crippen LogP contribution in [0.25, 0.3) is 10.7 Å². The third kappa shape index (κ3) is 3.19. The van der Waals surface area contributed by atoms with Gasteiger partial charge < -0.3 is 4.98 Å². The van der Waals surface area contributed by atoms with Gasteiger partial charge in [0.25, 0.3) is 5.56 Å². The smallest absolute Gasteiger partial charge is 0.255 e. The number of hydrogen-bond donors (Lipinski definition) is 1. The van der Waals surface area contributed by atoms with Crippen LogP contribution in [-0.4, -0.2) is 21.4 Å². The van der Waals surface area contributed by atoms with Crippen molar-refractivity contribution in [2.45, 2.75) is 19.5 Å². The van der Waals surface area contributed by atoms with Gasteiger partial charge in [0.15, 0.2) is 5.82 Å². The van der Waals surface area contributed by atoms with Crippen LogP contribution in [0, 0.1) is 0 Å². The van der Waals surface area contributed by atoms with Gasteiger partial charge in [-0.1, -0.05) is 6.07 Å². The molecule has 0 bridgehead atoms. The van der Waals surface area contributed by atoms with Crippen LogP contribution < -0.4 is 5.56 Å². The quantitative estimate of drug-likeness (QED) is 0.716. The third-order valence-corrected chi connectivity index (χ3v) is 6.40. The second kappa shape index (κ2) is 6.32. The van der Waals surface area contributed by atoms with Gasteiger partial charge >= 0.3 is 0 Å². The molecule has 1 N–H and O–H groups in total. The van der Waals surface area contributed by atoms with Crippen molar-refractivity contribution >= 4 is 38.6 Å². The fraction of sp³-hybridized carbons (Fsp3) is 0.250. The fourth-order valence-corrected chi connectivity index (χ4v) is 5.00. The molecule has 23 heavy (non-hydrogen) atoms. The van der Waals surface area contributed by atoms with Crippen LogP contribution in [0.4, 0.5) is 0 Å². The molecule has 1 aliphatic rings. The standard InChI is InChI=1S/C16H14BrN3OS2/c17-14-4-3-10(23-14)8-20-6-5-12-11(9-20)16(21)19-15(18-12)13-2-1-7-22-13/h1-4,7H,5-6,8-9H2,(H,18,19,21). The molecule has 118 valence electrons. The summed E-state index contributed by atoms with van der Waals surface area (Å²) in [6.07, 6.45) is 0.824. The highest BCUT2D eigenvalue weighted by Gasteiger charge is 2.22. The van der Waals surface area contributed by atoms with Gasteiger partial charge in [0.05, 0.1) is 19.9 Å². The van der Waals surface area contributed by atoms with Crippen molar-refractivity contribution in [3.63, 3.8) is 0 Å². The van der Waals surface area contributed by atoms with Gasteiger partial charge in [0, 0.05) is 30.9 Å². The Bertz CT molecular complexity index is 885. The molecule has 3 aromatic heterocycles. The minimum absolute atomic E-state index is 0.00420. The Morgan fingerprint density at radius 1 is 1.35 bits per heavy atom. The first-order valence-electron chi connectivity index (χ1n) is 7.31. The van der Waals surface area contributed by atoms with Crippen molar-refractivity contribution in [1.82, 2.24) is 14.9 Å². The summed E-state index contributed by atoms with van der Waals surface area (Å²) in [4.78, 5) is 24.7. The van der Waals surface area contributed by atoms with Crippen LogP contribution >= 0.6 is 38.6 Å². The van der Waals surface area contributed by atoms with Crippen LogP contribution in [0.3, 0.4) is 0 Å². The molecule has 4 nitrogen and oxygen atoms in total. The largest absolute Gasteiger partial charge is 0.306 e. The van der Waals surface area contributed by atoms with Crippen molar-refractivity contribution < 1.29 is 0 Å². The van der Waals surface area contributed by atoms with E-state index in [1.54, 1.807) is 22.7 Å². The SMILES string of the molecule is O=c1[nH]c(-c2cccs2)nc2c1CN(Cc1ccc(Br)s1)CC2. The maximum absolute atomic E-state index is 12.5. The van der Waals surface area contributed by atoms with E-state index in [-0.39, 0.29) is 5.56 Å². The van der Waals surface area contributed by atoms with E-state index in [9.17, 15) is 4.79 Å². The topological polar surface area (TPSA) is 49.0 Å². The van der Waals surface area contributed by atoms with E-state index >= 15 is 0 Å². The minimum Gasteiger partial charge on any atom is -0.306 e. The van der Waals surface area contributed by atoms with Crippen molar-refractivity contribution in [2.75, 3.05) is 6.54 Å². The average molecular weight is 408 g/mol. The predicted octanol–water partition coefficient (Wildman–Crippen LogP) is 3.88. The number of fused-ring (bicyclic) bond motifs is 1. The Morgan fingerprint density at radius 3 is 3.00 bits per heavy atom. The highest BCUT2D eigenvalue weighted by molar-refractivity contribution is 9.11. The van der Waals surface area contributed by atoms with Gasteiger partial charge in [0.1, 0.15) is 0 Å². The molecule has 0 radical (unpaired) electrons. The van der Waals surface area contributed by atoms with Gasteiger partial charge in [-0.25, -0.2) is 4.98 Å². The number of halogens is 1. The summed E-state index contributed by atoms with van der Waals surface area (Å²) in [6.45, 7) is 2.47. The summed E-state index contributed by atoms with van der Waals surface area (Å²) in [5.74, 6) is 0.694. The molecule has 0 saturated carbocycles. The molecule has 0 saturated heterocycles. The number of nitrogens with one attached hydrogen (secondary N) is 1. The number of nitrogens with zero attached hydrogens (tertiary/aromatic N) is 2. The number of rotatable bonds is 3. The van der Waals surface area contributed by atoms with Crippen LogP contribution in [-0.2, 0) is 19.5 Å². The first kappa shape index (κ1) is 15.3. The van der Waals surface area contributed by atoms with E-state index in [1.165, 1.54) is 4.88 Å². The predicted molar refractivity (Wildman–Crippen MR) is 98.0 cm³/mol. The first-order chi connectivity index (χ1) is 11.2. The number of thiophene rings is 2. The molecule has 0 fully saturated rings. The molecular formula is C16H14BrN3OS2. The second-order valence-electron chi connectivity index (χ2n) is 5.48. The van der Waals surface area contributed by atoms with Crippen LogP contribution in [0.2, 0.25) is 0 Å². The van der Waals surface area contributed by atoms with Crippen molar-refractivity contribution in [3.8, 4) is 10.7 Å². The van der Waals surface area contributed by atoms with Gasteiger partial charge in [-0.15, -0.1) is 22.7 Å². The Labute approximate surface area is 150 Å². The summed E-state index contributed by atoms with van der Waals surface area (Å²) < 4.78 is 1.14. The zero-order valence-electron chi connectivity index (χ0n) is 12.2. The van der Waals surface area contributed by atoms with Crippen molar-refractivity contribution in [1.29, 1.82) is 0 Å². The van der Waals surface area contributed by atoms with E-state index in [0.717, 1.165) is 39.4 Å². The Morgan fingerprint density at radius 2 is 2.26 bits per heavy atom. The van der Waals surface area contributed by atoms with E-state index < -0.39 is 0 Å². The van der Waals surface area contributed by atoms with Crippen LogP contribution in [0.5, 0.6) is 0 Å². The normalized spacial score (nSPS) is 14.8. The molecule has 0 unspecified atom stereocenters. The van der Waals surface area contributed by atoms with E-state index in [4.69, 9.17) is 0 Å². The van der Waals surface area contributed by atoms with Gasteiger partial charge in [-0.05, 0) is 39.5 Å². The number of aromatic amines is 1. The third-order valence-electron chi connectivity index (χ3n) is 3.91. The minimum atomic E-state index is -0.00420. The van der Waals surface area contributed by atoms with Gasteiger partial charge in [-0.3, -0.25) is 9.69 Å². The highest BCUT2D eigenvalue weighted by atomic mass is 79.9. The molecular weight excluding hydrogens is 394 g/mol. The van der Waals surface area contributed by atoms with Gasteiger partial charge in [-0.2, -0.15) is 0 Å². The second-order valence-corrected chi connectivity index (χ2v) is 8.98. The average Bonchev–Trinajstić information content (AvgIpc) is 3.20. The molecule has 0 spiro atoms. The maximum atomic E-state index is 12.5. The van der Waals surface area contributed by atoms with Crippen LogP contribution in [0.1, 0.15) is 16.1 Å². The number of aromatic nitrogens is 2. The maximum Gasteiger partial charge on any atom is 0.255 e. The lowest BCUT2D eigenvalue weighted by Gasteiger charge is -2.27. The molecule has 0 aromatic carbocycles. The monoisotopic (exact) mass is 407 g/mol. The summed E-state index contributed by atoms with van der Waals surface area (Å²) >= 11 is 6.83. The number of H-pyrrole nitrogens is 1. The highest BCUT2D eigenvalue weighted by Crippen LogP contribution is 2.26. The zero-order valence-corrected chi connectivity index (χ0v) is 15.4. The molecule has 0 aliphatic carbocycles. The fourth-order valence-electron chi connectivity index (χ4n) is 2.80. The first-order valence-corrected chi connectivity index (χ1v) is 9.80. The zero-order chi connectivity index (χ0) is 15.8. The summed E-state index contributed by atoms with van der Waals surface area (Å²) in [7, 11) is 0. The Balaban J connectivity index is 1.59.